The van der Waals surface area contributed by atoms with E-state index in [4.69, 9.17) is 0 Å². The van der Waals surface area contributed by atoms with E-state index in [9.17, 15) is 30.3 Å². The van der Waals surface area contributed by atoms with Crippen LogP contribution in [0.15, 0.2) is 11.6 Å². The first-order valence-electron chi connectivity index (χ1n) is 10.1. The Balaban J connectivity index is 1.87. The molecule has 4 rings (SSSR count). The summed E-state index contributed by atoms with van der Waals surface area (Å²) >= 11 is 0. The van der Waals surface area contributed by atoms with Gasteiger partial charge >= 0.3 is 0 Å². The van der Waals surface area contributed by atoms with Gasteiger partial charge in [-0.1, -0.05) is 25.5 Å². The Hall–Kier alpha value is -0.790. The fourth-order valence-corrected chi connectivity index (χ4v) is 7.23. The molecule has 4 aliphatic carbocycles. The molecule has 152 valence electrons. The zero-order chi connectivity index (χ0) is 20.0. The van der Waals surface area contributed by atoms with E-state index in [1.807, 2.05) is 13.0 Å². The predicted octanol–water partition coefficient (Wildman–Crippen LogP) is 0.831. The largest absolute Gasteiger partial charge is 0.393 e. The lowest BCUT2D eigenvalue weighted by atomic mass is 9.42. The van der Waals surface area contributed by atoms with E-state index in [-0.39, 0.29) is 25.7 Å². The van der Waals surface area contributed by atoms with Gasteiger partial charge in [-0.25, -0.2) is 0 Å². The van der Waals surface area contributed by atoms with Crippen LogP contribution in [0.1, 0.15) is 65.7 Å². The first-order valence-corrected chi connectivity index (χ1v) is 10.1. The molecule has 0 radical (unpaired) electrons. The van der Waals surface area contributed by atoms with Crippen molar-refractivity contribution >= 4 is 5.78 Å². The zero-order valence-corrected chi connectivity index (χ0v) is 16.4. The summed E-state index contributed by atoms with van der Waals surface area (Å²) in [5.74, 6) is -0.888. The molecule has 27 heavy (non-hydrogen) atoms. The van der Waals surface area contributed by atoms with E-state index in [0.717, 1.165) is 5.57 Å². The molecule has 3 saturated carbocycles. The first-order chi connectivity index (χ1) is 12.4. The van der Waals surface area contributed by atoms with E-state index in [1.165, 1.54) is 6.92 Å². The van der Waals surface area contributed by atoms with Gasteiger partial charge in [0.15, 0.2) is 5.78 Å². The van der Waals surface area contributed by atoms with Crippen LogP contribution in [0, 0.1) is 16.7 Å². The molecule has 0 saturated heterocycles. The molecule has 4 aliphatic rings. The van der Waals surface area contributed by atoms with Crippen molar-refractivity contribution in [2.45, 2.75) is 94.7 Å². The monoisotopic (exact) mass is 380 g/mol. The second-order valence-corrected chi connectivity index (χ2v) is 9.96. The molecule has 0 bridgehead atoms. The van der Waals surface area contributed by atoms with E-state index in [1.54, 1.807) is 6.92 Å². The Morgan fingerprint density at radius 3 is 2.41 bits per heavy atom. The third kappa shape index (κ3) is 1.96. The number of carbonyl (C=O) groups excluding carboxylic acids is 1. The molecule has 0 aliphatic heterocycles. The molecule has 8 atom stereocenters. The van der Waals surface area contributed by atoms with Gasteiger partial charge in [-0.2, -0.15) is 0 Å². The van der Waals surface area contributed by atoms with Gasteiger partial charge < -0.3 is 25.5 Å². The van der Waals surface area contributed by atoms with Crippen LogP contribution in [-0.2, 0) is 4.79 Å². The van der Waals surface area contributed by atoms with Crippen LogP contribution in [0.25, 0.3) is 0 Å². The lowest BCUT2D eigenvalue weighted by Crippen LogP contribution is -2.78. The van der Waals surface area contributed by atoms with Crippen molar-refractivity contribution in [2.75, 3.05) is 0 Å². The second kappa shape index (κ2) is 5.42. The van der Waals surface area contributed by atoms with E-state index in [0.29, 0.717) is 19.3 Å². The smallest absolute Gasteiger partial charge is 0.162 e. The number of carbonyl (C=O) groups is 1. The van der Waals surface area contributed by atoms with Crippen molar-refractivity contribution in [2.24, 2.45) is 16.7 Å². The van der Waals surface area contributed by atoms with Crippen molar-refractivity contribution in [3.05, 3.63) is 11.6 Å². The van der Waals surface area contributed by atoms with E-state index < -0.39 is 51.5 Å². The summed E-state index contributed by atoms with van der Waals surface area (Å²) in [6.45, 7) is 4.87. The van der Waals surface area contributed by atoms with Crippen molar-refractivity contribution in [1.29, 1.82) is 0 Å². The molecular formula is C21H32O6. The Kier molecular flexibility index (Phi) is 3.92. The minimum atomic E-state index is -1.87. The number of hydrogen-bond donors (Lipinski definition) is 5. The summed E-state index contributed by atoms with van der Waals surface area (Å²) in [4.78, 5) is 12.3. The van der Waals surface area contributed by atoms with E-state index >= 15 is 0 Å². The summed E-state index contributed by atoms with van der Waals surface area (Å²) in [6, 6.07) is 0. The van der Waals surface area contributed by atoms with Crippen LogP contribution in [0.4, 0.5) is 0 Å². The molecule has 0 amide bonds. The lowest BCUT2D eigenvalue weighted by Gasteiger charge is -2.66. The van der Waals surface area contributed by atoms with Crippen molar-refractivity contribution < 1.29 is 30.3 Å². The SMILES string of the molecule is CC(=O)[C@@]1(O)CC[C@]2(O)[C@]1(C)C(O)C[C@@H]1[C@@]3(C)CCC(O)CC3=CC[C@]12O. The highest BCUT2D eigenvalue weighted by atomic mass is 16.4. The molecule has 5 N–H and O–H groups in total. The zero-order valence-electron chi connectivity index (χ0n) is 16.4. The highest BCUT2D eigenvalue weighted by Gasteiger charge is 2.80. The maximum absolute atomic E-state index is 12.3. The fraction of sp³-hybridized carbons (Fsp3) is 0.857. The van der Waals surface area contributed by atoms with Crippen LogP contribution < -0.4 is 0 Å². The molecule has 2 unspecified atom stereocenters. The number of Topliss-reactive ketones (excluding diaryl/α,β-unsaturated/α-hetero) is 1. The van der Waals surface area contributed by atoms with Crippen LogP contribution in [0.3, 0.4) is 0 Å². The highest BCUT2D eigenvalue weighted by molar-refractivity contribution is 5.87. The van der Waals surface area contributed by atoms with Gasteiger partial charge in [0.1, 0.15) is 16.8 Å². The third-order valence-electron chi connectivity index (χ3n) is 9.18. The highest BCUT2D eigenvalue weighted by Crippen LogP contribution is 2.70. The third-order valence-corrected chi connectivity index (χ3v) is 9.18. The minimum Gasteiger partial charge on any atom is -0.393 e. The summed E-state index contributed by atoms with van der Waals surface area (Å²) in [7, 11) is 0. The summed E-state index contributed by atoms with van der Waals surface area (Å²) < 4.78 is 0. The summed E-state index contributed by atoms with van der Waals surface area (Å²) in [5.41, 5.74) is -6.07. The Labute approximate surface area is 159 Å². The van der Waals surface area contributed by atoms with Gasteiger partial charge in [0, 0.05) is 5.92 Å². The first kappa shape index (κ1) is 19.5. The Bertz CT molecular complexity index is 719. The fourth-order valence-electron chi connectivity index (χ4n) is 7.23. The average molecular weight is 380 g/mol. The van der Waals surface area contributed by atoms with Gasteiger partial charge in [-0.05, 0) is 57.3 Å². The topological polar surface area (TPSA) is 118 Å². The van der Waals surface area contributed by atoms with Gasteiger partial charge in [0.2, 0.25) is 0 Å². The van der Waals surface area contributed by atoms with E-state index in [2.05, 4.69) is 0 Å². The number of hydrogen-bond acceptors (Lipinski definition) is 6. The van der Waals surface area contributed by atoms with Gasteiger partial charge in [-0.3, -0.25) is 4.79 Å². The quantitative estimate of drug-likeness (QED) is 0.430. The van der Waals surface area contributed by atoms with Crippen LogP contribution in [-0.4, -0.2) is 60.3 Å². The molecule has 6 heteroatoms. The standard InChI is InChI=1S/C21H32O6/c1-12(22)19(25)8-9-21(27)18(19,3)16(24)11-15-17(2)6-5-14(23)10-13(17)4-7-20(15,21)26/h4,14-16,23-27H,5-11H2,1-3H3/t14?,15-,16?,17+,18-,19+,20+,21+/m1/s1. The van der Waals surface area contributed by atoms with Crippen LogP contribution >= 0.6 is 0 Å². The predicted molar refractivity (Wildman–Crippen MR) is 97.7 cm³/mol. The molecule has 0 aromatic heterocycles. The van der Waals surface area contributed by atoms with Crippen LogP contribution in [0.2, 0.25) is 0 Å². The molecular weight excluding hydrogens is 348 g/mol. The molecule has 3 fully saturated rings. The number of aliphatic hydroxyl groups is 5. The number of rotatable bonds is 1. The second-order valence-electron chi connectivity index (χ2n) is 9.96. The number of ketones is 1. The Morgan fingerprint density at radius 2 is 1.78 bits per heavy atom. The molecule has 0 aromatic rings. The maximum atomic E-state index is 12.3. The normalized spacial score (nSPS) is 57.3. The van der Waals surface area contributed by atoms with Crippen molar-refractivity contribution in [3.63, 3.8) is 0 Å². The summed E-state index contributed by atoms with van der Waals surface area (Å²) in [6.07, 6.45) is 2.73. The number of aliphatic hydroxyl groups excluding tert-OH is 2. The van der Waals surface area contributed by atoms with Crippen molar-refractivity contribution in [1.82, 2.24) is 0 Å². The van der Waals surface area contributed by atoms with Crippen LogP contribution in [0.5, 0.6) is 0 Å². The molecule has 0 spiro atoms. The summed E-state index contributed by atoms with van der Waals surface area (Å²) in [5, 5.41) is 56.1. The molecule has 0 aromatic carbocycles. The molecule has 6 nitrogen and oxygen atoms in total. The molecule has 0 heterocycles. The van der Waals surface area contributed by atoms with Crippen molar-refractivity contribution in [3.8, 4) is 0 Å². The minimum absolute atomic E-state index is 0.0213. The average Bonchev–Trinajstić information content (AvgIpc) is 2.83. The Morgan fingerprint density at radius 1 is 1.11 bits per heavy atom. The number of fused-ring (bicyclic) bond motifs is 5. The van der Waals surface area contributed by atoms with Gasteiger partial charge in [0.05, 0.1) is 17.6 Å². The van der Waals surface area contributed by atoms with Gasteiger partial charge in [-0.15, -0.1) is 0 Å². The maximum Gasteiger partial charge on any atom is 0.162 e. The van der Waals surface area contributed by atoms with Gasteiger partial charge in [0.25, 0.3) is 0 Å². The lowest BCUT2D eigenvalue weighted by molar-refractivity contribution is -0.312.